The number of benzene rings is 5. The average molecular weight is 864 g/mol. The number of alkyl halides is 3. The summed E-state index contributed by atoms with van der Waals surface area (Å²) in [4.78, 5) is 9.63. The second kappa shape index (κ2) is 13.1. The van der Waals surface area contributed by atoms with Gasteiger partial charge in [-0.3, -0.25) is 9.55 Å². The molecule has 7 aromatic rings. The third-order valence-electron chi connectivity index (χ3n) is 9.19. The Labute approximate surface area is 310 Å². The predicted molar refractivity (Wildman–Crippen MR) is 196 cm³/mol. The summed E-state index contributed by atoms with van der Waals surface area (Å²) in [6.45, 7) is 12.6. The molecule has 2 heterocycles. The van der Waals surface area contributed by atoms with Gasteiger partial charge in [0.05, 0.1) is 22.2 Å². The van der Waals surface area contributed by atoms with Gasteiger partial charge in [0.1, 0.15) is 11.6 Å². The topological polar surface area (TPSA) is 50.9 Å². The Morgan fingerprint density at radius 2 is 1.31 bits per heavy atom. The van der Waals surface area contributed by atoms with Crippen LogP contribution in [-0.2, 0) is 38.1 Å². The minimum absolute atomic E-state index is 0. The molecule has 2 aromatic heterocycles. The van der Waals surface area contributed by atoms with E-state index in [2.05, 4.69) is 47.6 Å². The first-order valence-electron chi connectivity index (χ1n) is 16.6. The normalized spacial score (nSPS) is 12.3. The van der Waals surface area contributed by atoms with Crippen LogP contribution in [0.2, 0.25) is 0 Å². The molecule has 4 nitrogen and oxygen atoms in total. The number of rotatable bonds is 4. The summed E-state index contributed by atoms with van der Waals surface area (Å²) >= 11 is 0. The number of hydrogen-bond acceptors (Lipinski definition) is 3. The molecule has 7 rings (SSSR count). The van der Waals surface area contributed by atoms with Crippen molar-refractivity contribution in [2.45, 2.75) is 58.5 Å². The van der Waals surface area contributed by atoms with Gasteiger partial charge in [0.25, 0.3) is 0 Å². The second-order valence-corrected chi connectivity index (χ2v) is 14.7. The molecule has 0 amide bonds. The average Bonchev–Trinajstić information content (AvgIpc) is 3.46. The van der Waals surface area contributed by atoms with Crippen LogP contribution in [-0.4, -0.2) is 19.6 Å². The Morgan fingerprint density at radius 1 is 0.647 bits per heavy atom. The zero-order valence-electron chi connectivity index (χ0n) is 29.1. The number of phenols is 1. The Bertz CT molecular complexity index is 2390. The first-order chi connectivity index (χ1) is 23.6. The number of hydrogen-bond donors (Lipinski definition) is 1. The number of para-hydroxylation sites is 2. The SMILES string of the molecule is CC(C)(C)c1ccc(-n2c(-c3ccccc3O)nc3c(-c4[c-]c(-c5cccc6cccnc56)c(C(C)(C)C)cc4)ccc(C(F)(F)F)c32)cc1.[Pt]. The van der Waals surface area contributed by atoms with Crippen molar-refractivity contribution in [1.82, 2.24) is 14.5 Å². The van der Waals surface area contributed by atoms with Gasteiger partial charge in [0, 0.05) is 38.5 Å². The van der Waals surface area contributed by atoms with Crippen LogP contribution in [0.4, 0.5) is 13.2 Å². The summed E-state index contributed by atoms with van der Waals surface area (Å²) in [6, 6.07) is 34.1. The molecular formula is C43H37F3N3OPt-. The van der Waals surface area contributed by atoms with Crippen molar-refractivity contribution in [2.24, 2.45) is 0 Å². The summed E-state index contributed by atoms with van der Waals surface area (Å²) in [7, 11) is 0. The van der Waals surface area contributed by atoms with Crippen molar-refractivity contribution in [1.29, 1.82) is 0 Å². The monoisotopic (exact) mass is 863 g/mol. The number of halogens is 3. The van der Waals surface area contributed by atoms with Crippen LogP contribution in [0.5, 0.6) is 5.75 Å². The molecule has 0 radical (unpaired) electrons. The van der Waals surface area contributed by atoms with Gasteiger partial charge in [-0.2, -0.15) is 13.2 Å². The molecule has 0 aliphatic carbocycles. The molecule has 8 heteroatoms. The van der Waals surface area contributed by atoms with Crippen LogP contribution >= 0.6 is 0 Å². The number of pyridine rings is 1. The van der Waals surface area contributed by atoms with Gasteiger partial charge >= 0.3 is 6.18 Å². The number of aromatic hydroxyl groups is 1. The van der Waals surface area contributed by atoms with Crippen molar-refractivity contribution in [3.8, 4) is 45.1 Å². The van der Waals surface area contributed by atoms with Gasteiger partial charge in [0.15, 0.2) is 0 Å². The summed E-state index contributed by atoms with van der Waals surface area (Å²) in [5, 5.41) is 12.0. The maximum absolute atomic E-state index is 15.0. The van der Waals surface area contributed by atoms with Crippen LogP contribution in [0.25, 0.3) is 61.3 Å². The van der Waals surface area contributed by atoms with Gasteiger partial charge in [0.2, 0.25) is 0 Å². The number of imidazole rings is 1. The fourth-order valence-corrected chi connectivity index (χ4v) is 6.63. The second-order valence-electron chi connectivity index (χ2n) is 14.7. The maximum atomic E-state index is 15.0. The van der Waals surface area contributed by atoms with Crippen LogP contribution in [0.1, 0.15) is 58.2 Å². The summed E-state index contributed by atoms with van der Waals surface area (Å²) < 4.78 is 46.4. The Balaban J connectivity index is 0.00000448. The third-order valence-corrected chi connectivity index (χ3v) is 9.19. The molecule has 51 heavy (non-hydrogen) atoms. The fraction of sp³-hybridized carbons (Fsp3) is 0.209. The number of nitrogens with zero attached hydrogens (tertiary/aromatic N) is 3. The zero-order valence-corrected chi connectivity index (χ0v) is 31.4. The Hall–Kier alpha value is -4.74. The first-order valence-corrected chi connectivity index (χ1v) is 16.6. The van der Waals surface area contributed by atoms with Gasteiger partial charge in [-0.05, 0) is 52.1 Å². The summed E-state index contributed by atoms with van der Waals surface area (Å²) in [6.07, 6.45) is -2.93. The van der Waals surface area contributed by atoms with Gasteiger partial charge in [-0.1, -0.05) is 113 Å². The van der Waals surface area contributed by atoms with Crippen molar-refractivity contribution >= 4 is 21.9 Å². The van der Waals surface area contributed by atoms with E-state index in [1.165, 1.54) is 16.7 Å². The minimum Gasteiger partial charge on any atom is -0.507 e. The van der Waals surface area contributed by atoms with Crippen molar-refractivity contribution in [3.63, 3.8) is 0 Å². The van der Waals surface area contributed by atoms with Crippen LogP contribution < -0.4 is 0 Å². The molecule has 0 fully saturated rings. The molecule has 0 bridgehead atoms. The van der Waals surface area contributed by atoms with E-state index < -0.39 is 11.7 Å². The Morgan fingerprint density at radius 3 is 1.98 bits per heavy atom. The molecule has 0 atom stereocenters. The first kappa shape index (κ1) is 36.1. The molecule has 0 aliphatic rings. The molecule has 0 saturated carbocycles. The van der Waals surface area contributed by atoms with E-state index in [-0.39, 0.29) is 54.5 Å². The molecule has 262 valence electrons. The fourth-order valence-electron chi connectivity index (χ4n) is 6.63. The predicted octanol–water partition coefficient (Wildman–Crippen LogP) is 11.7. The molecule has 0 spiro atoms. The van der Waals surface area contributed by atoms with E-state index in [1.807, 2.05) is 66.7 Å². The maximum Gasteiger partial charge on any atom is 0.418 e. The number of aromatic nitrogens is 3. The zero-order chi connectivity index (χ0) is 35.6. The minimum atomic E-state index is -4.69. The quantitative estimate of drug-likeness (QED) is 0.179. The summed E-state index contributed by atoms with van der Waals surface area (Å²) in [5.41, 5.74) is 5.29. The molecule has 0 unspecified atom stereocenters. The smallest absolute Gasteiger partial charge is 0.418 e. The molecule has 0 saturated heterocycles. The van der Waals surface area contributed by atoms with Gasteiger partial charge in [-0.15, -0.1) is 34.9 Å². The molecule has 0 aliphatic heterocycles. The number of fused-ring (bicyclic) bond motifs is 2. The Kier molecular flexibility index (Phi) is 9.26. The standard InChI is InChI=1S/C43H37F3N3O.Pt/c1-41(2,3)28-17-19-29(20-18-28)49-39-35(43(44,45)46)23-21-30(38(39)48-40(49)32-13-7-8-15-36(32)50)27-16-22-34(42(4,5)6)33(25-27)31-14-9-11-26-12-10-24-47-37(26)31;/h7-24,50H,1-6H3;/q-1;. The molecular weight excluding hydrogens is 827 g/mol. The van der Waals surface area contributed by atoms with E-state index in [1.54, 1.807) is 24.4 Å². The van der Waals surface area contributed by atoms with Crippen molar-refractivity contribution in [2.75, 3.05) is 0 Å². The number of phenolic OH excluding ortho intramolecular Hbond substituents is 1. The van der Waals surface area contributed by atoms with E-state index >= 15 is 0 Å². The van der Waals surface area contributed by atoms with E-state index in [4.69, 9.17) is 9.97 Å². The van der Waals surface area contributed by atoms with E-state index in [0.29, 0.717) is 22.4 Å². The van der Waals surface area contributed by atoms with Crippen molar-refractivity contribution < 1.29 is 39.3 Å². The largest absolute Gasteiger partial charge is 0.507 e. The molecule has 5 aromatic carbocycles. The third kappa shape index (κ3) is 6.60. The van der Waals surface area contributed by atoms with Gasteiger partial charge in [-0.25, -0.2) is 4.98 Å². The van der Waals surface area contributed by atoms with Crippen LogP contribution in [0, 0.1) is 6.07 Å². The van der Waals surface area contributed by atoms with E-state index in [9.17, 15) is 18.3 Å². The van der Waals surface area contributed by atoms with Gasteiger partial charge < -0.3 is 5.11 Å². The molecule has 1 N–H and O–H groups in total. The van der Waals surface area contributed by atoms with E-state index in [0.717, 1.165) is 39.2 Å². The summed E-state index contributed by atoms with van der Waals surface area (Å²) in [5.74, 6) is 0.113. The van der Waals surface area contributed by atoms with Crippen LogP contribution in [0.15, 0.2) is 109 Å². The van der Waals surface area contributed by atoms with Crippen LogP contribution in [0.3, 0.4) is 0 Å². The van der Waals surface area contributed by atoms with Crippen molar-refractivity contribution in [3.05, 3.63) is 132 Å².